The Morgan fingerprint density at radius 1 is 0.706 bits per heavy atom. The van der Waals surface area contributed by atoms with E-state index in [1.807, 2.05) is 22.6 Å². The summed E-state index contributed by atoms with van der Waals surface area (Å²) in [6.07, 6.45) is 0. The fraction of sp³-hybridized carbons (Fsp3) is 0.600. The first-order valence-corrected chi connectivity index (χ1v) is 9.33. The van der Waals surface area contributed by atoms with Gasteiger partial charge < -0.3 is 0 Å². The van der Waals surface area contributed by atoms with E-state index in [2.05, 4.69) is 74.7 Å². The molecule has 0 amide bonds. The molecule has 0 aliphatic carbocycles. The fourth-order valence-electron chi connectivity index (χ4n) is 2.66. The highest BCUT2D eigenvalue weighted by molar-refractivity contribution is 14.1. The lowest BCUT2D eigenvalue weighted by atomic mass is 10.5. The molecule has 0 aliphatic heterocycles. The molecule has 0 atom stereocenters. The molecule has 0 rings (SSSR count). The molecule has 92 valence electrons. The highest BCUT2D eigenvalue weighted by Gasteiger charge is 2.41. The van der Waals surface area contributed by atoms with Gasteiger partial charge in [0, 0.05) is 22.6 Å². The van der Waals surface area contributed by atoms with Crippen LogP contribution in [-0.4, -0.2) is 8.07 Å². The lowest BCUT2D eigenvalue weighted by molar-refractivity contribution is 0.838. The predicted molar refractivity (Wildman–Crippen MR) is 88.4 cm³/mol. The molecule has 0 aromatic carbocycles. The molecule has 17 heavy (non-hydrogen) atoms. The van der Waals surface area contributed by atoms with Gasteiger partial charge in [-0.2, -0.15) is 0 Å². The van der Waals surface area contributed by atoms with Gasteiger partial charge in [0.05, 0.1) is 0 Å². The monoisotopic (exact) mass is 356 g/mol. The van der Waals surface area contributed by atoms with Gasteiger partial charge in [0.2, 0.25) is 0 Å². The molecule has 0 nitrogen and oxygen atoms in total. The summed E-state index contributed by atoms with van der Waals surface area (Å²) >= 11 is 1.98. The lowest BCUT2D eigenvalue weighted by Crippen LogP contribution is -2.43. The Kier molecular flexibility index (Phi) is 7.69. The second kappa shape index (κ2) is 7.86. The first-order chi connectivity index (χ1) is 7.89. The summed E-state index contributed by atoms with van der Waals surface area (Å²) in [5.74, 6) is 11.4. The number of rotatable bonds is 3. The van der Waals surface area contributed by atoms with Gasteiger partial charge >= 0.3 is 0 Å². The molecule has 0 aliphatic rings. The molecule has 0 aromatic heterocycles. The lowest BCUT2D eigenvalue weighted by Gasteiger charge is -2.37. The van der Waals surface area contributed by atoms with Crippen molar-refractivity contribution in [3.05, 3.63) is 0 Å². The van der Waals surface area contributed by atoms with Gasteiger partial charge in [-0.05, 0) is 44.2 Å². The van der Waals surface area contributed by atoms with Crippen molar-refractivity contribution in [3.63, 3.8) is 0 Å². The maximum absolute atomic E-state index is 3.54. The quantitative estimate of drug-likeness (QED) is 0.394. The minimum absolute atomic E-state index is 0.660. The topological polar surface area (TPSA) is 0 Å². The largest absolute Gasteiger partial charge is 0.147 e. The second-order valence-corrected chi connectivity index (χ2v) is 11.2. The van der Waals surface area contributed by atoms with Crippen molar-refractivity contribution >= 4 is 30.7 Å². The van der Waals surface area contributed by atoms with Crippen molar-refractivity contribution < 1.29 is 0 Å². The molecule has 0 saturated carbocycles. The van der Waals surface area contributed by atoms with E-state index >= 15 is 0 Å². The summed E-state index contributed by atoms with van der Waals surface area (Å²) in [6, 6.07) is 0. The van der Waals surface area contributed by atoms with Crippen LogP contribution in [0.1, 0.15) is 41.5 Å². The SMILES string of the molecule is CC(C)[Si](C#CC#CC#CI)(C(C)C)C(C)C. The highest BCUT2D eigenvalue weighted by Crippen LogP contribution is 2.40. The Labute approximate surface area is 121 Å². The van der Waals surface area contributed by atoms with E-state index in [0.717, 1.165) is 0 Å². The first kappa shape index (κ1) is 16.6. The molecule has 0 aromatic rings. The zero-order valence-electron chi connectivity index (χ0n) is 11.6. The van der Waals surface area contributed by atoms with E-state index in [1.54, 1.807) is 0 Å². The molecular formula is C15H21ISi. The van der Waals surface area contributed by atoms with Crippen LogP contribution in [0.3, 0.4) is 0 Å². The van der Waals surface area contributed by atoms with Gasteiger partial charge in [-0.3, -0.25) is 0 Å². The number of halogens is 1. The summed E-state index contributed by atoms with van der Waals surface area (Å²) < 4.78 is 2.72. The zero-order valence-corrected chi connectivity index (χ0v) is 14.8. The van der Waals surface area contributed by atoms with E-state index in [9.17, 15) is 0 Å². The van der Waals surface area contributed by atoms with Gasteiger partial charge in [-0.25, -0.2) is 0 Å². The maximum atomic E-state index is 3.54. The second-order valence-electron chi connectivity index (χ2n) is 5.12. The Bertz CT molecular complexity index is 391. The highest BCUT2D eigenvalue weighted by atomic mass is 127. The van der Waals surface area contributed by atoms with Crippen molar-refractivity contribution in [3.8, 4) is 33.2 Å². The summed E-state index contributed by atoms with van der Waals surface area (Å²) in [5.41, 5.74) is 5.51. The third-order valence-corrected chi connectivity index (χ3v) is 9.94. The van der Waals surface area contributed by atoms with Gasteiger partial charge in [0.15, 0.2) is 0 Å². The van der Waals surface area contributed by atoms with Gasteiger partial charge in [0.1, 0.15) is 8.07 Å². The normalized spacial score (nSPS) is 10.2. The molecule has 0 radical (unpaired) electrons. The van der Waals surface area contributed by atoms with Crippen LogP contribution in [0.4, 0.5) is 0 Å². The Morgan fingerprint density at radius 2 is 1.12 bits per heavy atom. The minimum Gasteiger partial charge on any atom is -0.116 e. The summed E-state index contributed by atoms with van der Waals surface area (Å²) in [4.78, 5) is 0. The van der Waals surface area contributed by atoms with Gasteiger partial charge in [0.25, 0.3) is 0 Å². The van der Waals surface area contributed by atoms with E-state index in [1.165, 1.54) is 0 Å². The molecule has 0 spiro atoms. The molecule has 0 N–H and O–H groups in total. The predicted octanol–water partition coefficient (Wildman–Crippen LogP) is 4.61. The molecule has 0 bridgehead atoms. The van der Waals surface area contributed by atoms with Gasteiger partial charge in [-0.15, -0.1) is 5.54 Å². The summed E-state index contributed by atoms with van der Waals surface area (Å²) in [5, 5.41) is 0. The smallest absolute Gasteiger partial charge is 0.116 e. The number of hydrogen-bond donors (Lipinski definition) is 0. The van der Waals surface area contributed by atoms with E-state index in [4.69, 9.17) is 0 Å². The average molecular weight is 356 g/mol. The molecular weight excluding hydrogens is 335 g/mol. The average Bonchev–Trinajstić information content (AvgIpc) is 2.21. The molecule has 2 heteroatoms. The summed E-state index contributed by atoms with van der Waals surface area (Å²) in [6.45, 7) is 13.8. The van der Waals surface area contributed by atoms with Crippen LogP contribution >= 0.6 is 22.6 Å². The van der Waals surface area contributed by atoms with Crippen LogP contribution in [0.2, 0.25) is 16.6 Å². The molecule has 0 fully saturated rings. The van der Waals surface area contributed by atoms with Gasteiger partial charge in [-0.1, -0.05) is 41.5 Å². The Morgan fingerprint density at radius 3 is 1.47 bits per heavy atom. The van der Waals surface area contributed by atoms with Crippen molar-refractivity contribution in [2.45, 2.75) is 58.2 Å². The van der Waals surface area contributed by atoms with Crippen LogP contribution in [0, 0.1) is 33.2 Å². The van der Waals surface area contributed by atoms with Crippen molar-refractivity contribution in [1.82, 2.24) is 0 Å². The summed E-state index contributed by atoms with van der Waals surface area (Å²) in [7, 11) is -1.60. The zero-order chi connectivity index (χ0) is 13.5. The van der Waals surface area contributed by atoms with Crippen LogP contribution in [-0.2, 0) is 0 Å². The van der Waals surface area contributed by atoms with Crippen LogP contribution in [0.5, 0.6) is 0 Å². The standard InChI is InChI=1S/C15H21ISi/c1-13(2)17(14(3)4,15(5)6)12-10-8-7-9-11-16/h13-15H,1-6H3. The van der Waals surface area contributed by atoms with Crippen molar-refractivity contribution in [2.75, 3.05) is 0 Å². The first-order valence-electron chi connectivity index (χ1n) is 6.02. The van der Waals surface area contributed by atoms with Crippen molar-refractivity contribution in [2.24, 2.45) is 0 Å². The third kappa shape index (κ3) is 4.42. The Hall–Kier alpha value is -0.373. The fourth-order valence-corrected chi connectivity index (χ4v) is 7.94. The van der Waals surface area contributed by atoms with E-state index in [0.29, 0.717) is 16.6 Å². The maximum Gasteiger partial charge on any atom is 0.147 e. The van der Waals surface area contributed by atoms with Crippen LogP contribution < -0.4 is 0 Å². The van der Waals surface area contributed by atoms with Crippen molar-refractivity contribution in [1.29, 1.82) is 0 Å². The van der Waals surface area contributed by atoms with E-state index in [-0.39, 0.29) is 0 Å². The molecule has 0 unspecified atom stereocenters. The minimum atomic E-state index is -1.60. The number of hydrogen-bond acceptors (Lipinski definition) is 0. The van der Waals surface area contributed by atoms with Crippen LogP contribution in [0.25, 0.3) is 0 Å². The molecule has 0 heterocycles. The van der Waals surface area contributed by atoms with E-state index < -0.39 is 8.07 Å². The molecule has 0 saturated heterocycles. The van der Waals surface area contributed by atoms with Crippen LogP contribution in [0.15, 0.2) is 0 Å². The third-order valence-electron chi connectivity index (χ3n) is 3.38. The Balaban J connectivity index is 5.33.